The van der Waals surface area contributed by atoms with Crippen LogP contribution in [0.15, 0.2) is 12.3 Å². The fourth-order valence-electron chi connectivity index (χ4n) is 1.27. The van der Waals surface area contributed by atoms with Gasteiger partial charge < -0.3 is 0 Å². The van der Waals surface area contributed by atoms with Crippen molar-refractivity contribution >= 4 is 0 Å². The fourth-order valence-corrected chi connectivity index (χ4v) is 1.27. The topological polar surface area (TPSA) is 43.1 Å². The van der Waals surface area contributed by atoms with Crippen molar-refractivity contribution < 1.29 is 4.92 Å². The summed E-state index contributed by atoms with van der Waals surface area (Å²) < 4.78 is 0. The SMILES string of the molecule is CCCC(/C=C/[N+](=O)[O-])CCC. The van der Waals surface area contributed by atoms with Crippen LogP contribution in [-0.4, -0.2) is 4.92 Å². The first-order valence-electron chi connectivity index (χ1n) is 4.52. The molecule has 0 fully saturated rings. The van der Waals surface area contributed by atoms with Crippen molar-refractivity contribution in [1.29, 1.82) is 0 Å². The molecule has 0 rings (SSSR count). The van der Waals surface area contributed by atoms with E-state index in [9.17, 15) is 10.1 Å². The fraction of sp³-hybridized carbons (Fsp3) is 0.778. The Morgan fingerprint density at radius 3 is 2.17 bits per heavy atom. The Kier molecular flexibility index (Phi) is 6.34. The van der Waals surface area contributed by atoms with Gasteiger partial charge in [0.1, 0.15) is 0 Å². The molecule has 70 valence electrons. The van der Waals surface area contributed by atoms with Crippen LogP contribution in [0.3, 0.4) is 0 Å². The third-order valence-electron chi connectivity index (χ3n) is 1.80. The third-order valence-corrected chi connectivity index (χ3v) is 1.80. The average molecular weight is 171 g/mol. The second-order valence-corrected chi connectivity index (χ2v) is 2.96. The first-order valence-corrected chi connectivity index (χ1v) is 4.52. The molecule has 0 N–H and O–H groups in total. The van der Waals surface area contributed by atoms with Crippen LogP contribution < -0.4 is 0 Å². The predicted octanol–water partition coefficient (Wildman–Crippen LogP) is 2.99. The molecule has 0 aliphatic heterocycles. The highest BCUT2D eigenvalue weighted by Crippen LogP contribution is 2.14. The molecular formula is C9H17NO2. The Bertz CT molecular complexity index is 149. The lowest BCUT2D eigenvalue weighted by molar-refractivity contribution is -0.402. The Morgan fingerprint density at radius 1 is 1.33 bits per heavy atom. The van der Waals surface area contributed by atoms with Crippen LogP contribution in [0.2, 0.25) is 0 Å². The molecule has 0 saturated carbocycles. The quantitative estimate of drug-likeness (QED) is 0.455. The van der Waals surface area contributed by atoms with E-state index in [-0.39, 0.29) is 0 Å². The molecule has 0 aliphatic carbocycles. The van der Waals surface area contributed by atoms with Gasteiger partial charge in [-0.1, -0.05) is 26.7 Å². The maximum atomic E-state index is 10.0. The third kappa shape index (κ3) is 5.89. The van der Waals surface area contributed by atoms with E-state index in [1.54, 1.807) is 6.08 Å². The van der Waals surface area contributed by atoms with E-state index in [0.717, 1.165) is 31.9 Å². The van der Waals surface area contributed by atoms with Crippen molar-refractivity contribution in [1.82, 2.24) is 0 Å². The van der Waals surface area contributed by atoms with Crippen LogP contribution in [0.25, 0.3) is 0 Å². The van der Waals surface area contributed by atoms with Gasteiger partial charge in [0.05, 0.1) is 4.92 Å². The summed E-state index contributed by atoms with van der Waals surface area (Å²) in [7, 11) is 0. The summed E-state index contributed by atoms with van der Waals surface area (Å²) >= 11 is 0. The maximum absolute atomic E-state index is 10.0. The largest absolute Gasteiger partial charge is 0.259 e. The van der Waals surface area contributed by atoms with Gasteiger partial charge in [-0.2, -0.15) is 0 Å². The Labute approximate surface area is 73.6 Å². The molecule has 0 amide bonds. The van der Waals surface area contributed by atoms with E-state index >= 15 is 0 Å². The lowest BCUT2D eigenvalue weighted by Gasteiger charge is -2.07. The molecule has 0 aromatic rings. The highest BCUT2D eigenvalue weighted by molar-refractivity contribution is 4.81. The van der Waals surface area contributed by atoms with Gasteiger partial charge in [0, 0.05) is 0 Å². The smallest absolute Gasteiger partial charge is 0.230 e. The molecule has 0 saturated heterocycles. The number of nitrogens with zero attached hydrogens (tertiary/aromatic N) is 1. The first-order chi connectivity index (χ1) is 5.70. The molecular weight excluding hydrogens is 154 g/mol. The van der Waals surface area contributed by atoms with Crippen LogP contribution >= 0.6 is 0 Å². The average Bonchev–Trinajstić information content (AvgIpc) is 2.01. The second kappa shape index (κ2) is 6.83. The monoisotopic (exact) mass is 171 g/mol. The van der Waals surface area contributed by atoms with E-state index in [4.69, 9.17) is 0 Å². The van der Waals surface area contributed by atoms with Gasteiger partial charge in [0.2, 0.25) is 6.20 Å². The van der Waals surface area contributed by atoms with Gasteiger partial charge in [0.25, 0.3) is 0 Å². The van der Waals surface area contributed by atoms with E-state index in [1.165, 1.54) is 0 Å². The lowest BCUT2D eigenvalue weighted by Crippen LogP contribution is -1.96. The highest BCUT2D eigenvalue weighted by Gasteiger charge is 2.03. The normalized spacial score (nSPS) is 11.2. The van der Waals surface area contributed by atoms with Crippen molar-refractivity contribution in [3.8, 4) is 0 Å². The molecule has 0 radical (unpaired) electrons. The van der Waals surface area contributed by atoms with E-state index < -0.39 is 4.92 Å². The highest BCUT2D eigenvalue weighted by atomic mass is 16.6. The van der Waals surface area contributed by atoms with Crippen LogP contribution in [0, 0.1) is 16.0 Å². The molecule has 0 unspecified atom stereocenters. The maximum Gasteiger partial charge on any atom is 0.230 e. The number of hydrogen-bond donors (Lipinski definition) is 0. The first kappa shape index (κ1) is 11.1. The standard InChI is InChI=1S/C9H17NO2/c1-3-5-9(6-4-2)7-8-10(11)12/h7-9H,3-6H2,1-2H3/b8-7+. The molecule has 0 heterocycles. The Balaban J connectivity index is 3.84. The summed E-state index contributed by atoms with van der Waals surface area (Å²) in [6.07, 6.45) is 7.07. The summed E-state index contributed by atoms with van der Waals surface area (Å²) in [5.74, 6) is 0.394. The summed E-state index contributed by atoms with van der Waals surface area (Å²) in [6, 6.07) is 0. The van der Waals surface area contributed by atoms with Crippen molar-refractivity contribution in [3.63, 3.8) is 0 Å². The number of hydrogen-bond acceptors (Lipinski definition) is 2. The summed E-state index contributed by atoms with van der Waals surface area (Å²) in [5, 5.41) is 10.0. The zero-order chi connectivity index (χ0) is 9.40. The minimum absolute atomic E-state index is 0.391. The Hall–Kier alpha value is -0.860. The summed E-state index contributed by atoms with van der Waals surface area (Å²) in [4.78, 5) is 9.64. The van der Waals surface area contributed by atoms with Gasteiger partial charge in [-0.3, -0.25) is 10.1 Å². The van der Waals surface area contributed by atoms with E-state index in [1.807, 2.05) is 0 Å². The molecule has 3 nitrogen and oxygen atoms in total. The number of nitro groups is 1. The van der Waals surface area contributed by atoms with Gasteiger partial charge >= 0.3 is 0 Å². The van der Waals surface area contributed by atoms with Gasteiger partial charge in [-0.15, -0.1) is 0 Å². The van der Waals surface area contributed by atoms with Crippen LogP contribution in [-0.2, 0) is 0 Å². The van der Waals surface area contributed by atoms with E-state index in [2.05, 4.69) is 13.8 Å². The van der Waals surface area contributed by atoms with Crippen molar-refractivity contribution in [2.75, 3.05) is 0 Å². The van der Waals surface area contributed by atoms with Crippen LogP contribution in [0.1, 0.15) is 39.5 Å². The van der Waals surface area contributed by atoms with Crippen molar-refractivity contribution in [2.45, 2.75) is 39.5 Å². The zero-order valence-electron chi connectivity index (χ0n) is 7.82. The zero-order valence-corrected chi connectivity index (χ0v) is 7.82. The molecule has 0 aromatic carbocycles. The molecule has 0 spiro atoms. The molecule has 0 aromatic heterocycles. The van der Waals surface area contributed by atoms with E-state index in [0.29, 0.717) is 5.92 Å². The molecule has 0 aliphatic rings. The molecule has 0 bridgehead atoms. The van der Waals surface area contributed by atoms with Gasteiger partial charge in [0.15, 0.2) is 0 Å². The van der Waals surface area contributed by atoms with Gasteiger partial charge in [-0.25, -0.2) is 0 Å². The molecule has 12 heavy (non-hydrogen) atoms. The van der Waals surface area contributed by atoms with Crippen LogP contribution in [0.4, 0.5) is 0 Å². The second-order valence-electron chi connectivity index (χ2n) is 2.96. The summed E-state index contributed by atoms with van der Waals surface area (Å²) in [6.45, 7) is 4.20. The minimum Gasteiger partial charge on any atom is -0.259 e. The summed E-state index contributed by atoms with van der Waals surface area (Å²) in [5.41, 5.74) is 0. The van der Waals surface area contributed by atoms with Crippen LogP contribution in [0.5, 0.6) is 0 Å². The Morgan fingerprint density at radius 2 is 1.83 bits per heavy atom. The number of allylic oxidation sites excluding steroid dienone is 1. The predicted molar refractivity (Wildman–Crippen MR) is 49.4 cm³/mol. The molecule has 3 heteroatoms. The molecule has 0 atom stereocenters. The van der Waals surface area contributed by atoms with Crippen molar-refractivity contribution in [2.24, 2.45) is 5.92 Å². The minimum atomic E-state index is -0.391. The lowest BCUT2D eigenvalue weighted by atomic mass is 9.98. The van der Waals surface area contributed by atoms with Crippen molar-refractivity contribution in [3.05, 3.63) is 22.4 Å². The number of rotatable bonds is 6. The van der Waals surface area contributed by atoms with Gasteiger partial charge in [-0.05, 0) is 24.8 Å².